The molecule has 2 aliphatic rings. The molecule has 0 radical (unpaired) electrons. The first-order valence-electron chi connectivity index (χ1n) is 8.11. The molecule has 10 atom stereocenters. The Labute approximate surface area is 154 Å². The number of carbonyl (C=O) groups excluding carboxylic acids is 1. The largest absolute Gasteiger partial charge is 0.394 e. The van der Waals surface area contributed by atoms with Gasteiger partial charge in [0.15, 0.2) is 12.6 Å². The van der Waals surface area contributed by atoms with Gasteiger partial charge in [0.25, 0.3) is 0 Å². The predicted molar refractivity (Wildman–Crippen MR) is 83.6 cm³/mol. The summed E-state index contributed by atoms with van der Waals surface area (Å²) in [4.78, 5) is 10.7. The Balaban J connectivity index is 0.000000277. The lowest BCUT2D eigenvalue weighted by molar-refractivity contribution is -0.286. The van der Waals surface area contributed by atoms with Crippen molar-refractivity contribution in [3.05, 3.63) is 0 Å². The van der Waals surface area contributed by atoms with Crippen molar-refractivity contribution in [2.75, 3.05) is 13.2 Å². The second kappa shape index (κ2) is 10.5. The van der Waals surface area contributed by atoms with Gasteiger partial charge in [-0.1, -0.05) is 0 Å². The maximum absolute atomic E-state index is 10.7. The summed E-state index contributed by atoms with van der Waals surface area (Å²) in [7, 11) is 0. The first-order valence-corrected chi connectivity index (χ1v) is 8.11. The van der Waals surface area contributed by atoms with Gasteiger partial charge in [0.05, 0.1) is 13.2 Å². The van der Waals surface area contributed by atoms with E-state index in [4.69, 9.17) is 35.4 Å². The van der Waals surface area contributed by atoms with Crippen LogP contribution in [0.15, 0.2) is 0 Å². The number of hydrogen-bond acceptors (Lipinski definition) is 12. The summed E-state index contributed by atoms with van der Waals surface area (Å²) in [6.07, 6.45) is -12.3. The highest BCUT2D eigenvalue weighted by molar-refractivity contribution is 5.73. The zero-order chi connectivity index (χ0) is 20.9. The number of rotatable bonds is 3. The maximum Gasteiger partial charge on any atom is 0.217 e. The minimum Gasteiger partial charge on any atom is -0.394 e. The highest BCUT2D eigenvalue weighted by atomic mass is 16.6. The number of ether oxygens (including phenoxy) is 2. The Morgan fingerprint density at radius 3 is 1.63 bits per heavy atom. The molecule has 0 aromatic rings. The average Bonchev–Trinajstić information content (AvgIpc) is 2.63. The SMILES string of the molecule is CC(=O)NC1C(O)OC(CO)C(O)C1O.OC[C@H]1OC(O)[C@H](O)[C@@H](O)[C@@H]1O. The monoisotopic (exact) mass is 401 g/mol. The normalized spacial score (nSPS) is 44.8. The first kappa shape index (κ1) is 24.1. The molecule has 0 aromatic carbocycles. The van der Waals surface area contributed by atoms with Crippen LogP contribution in [-0.2, 0) is 14.3 Å². The van der Waals surface area contributed by atoms with Crippen LogP contribution >= 0.6 is 0 Å². The third-order valence-corrected chi connectivity index (χ3v) is 4.14. The summed E-state index contributed by atoms with van der Waals surface area (Å²) in [6, 6.07) is -1.10. The van der Waals surface area contributed by atoms with Gasteiger partial charge >= 0.3 is 0 Å². The highest BCUT2D eigenvalue weighted by Crippen LogP contribution is 2.20. The summed E-state index contributed by atoms with van der Waals surface area (Å²) in [5.74, 6) is -0.462. The summed E-state index contributed by atoms with van der Waals surface area (Å²) in [5.41, 5.74) is 0. The van der Waals surface area contributed by atoms with E-state index < -0.39 is 80.5 Å². The minimum atomic E-state index is -1.57. The van der Waals surface area contributed by atoms with Crippen molar-refractivity contribution >= 4 is 5.91 Å². The number of aliphatic hydroxyl groups excluding tert-OH is 9. The second-order valence-electron chi connectivity index (χ2n) is 6.17. The fourth-order valence-electron chi connectivity index (χ4n) is 2.57. The summed E-state index contributed by atoms with van der Waals surface area (Å²) < 4.78 is 9.39. The molecular weight excluding hydrogens is 374 g/mol. The zero-order valence-corrected chi connectivity index (χ0v) is 14.4. The Hall–Kier alpha value is -0.970. The van der Waals surface area contributed by atoms with Crippen molar-refractivity contribution in [1.29, 1.82) is 0 Å². The van der Waals surface area contributed by atoms with Crippen LogP contribution in [0, 0.1) is 0 Å². The van der Waals surface area contributed by atoms with E-state index in [0.29, 0.717) is 0 Å². The van der Waals surface area contributed by atoms with Crippen molar-refractivity contribution in [3.63, 3.8) is 0 Å². The van der Waals surface area contributed by atoms with Crippen LogP contribution in [0.3, 0.4) is 0 Å². The van der Waals surface area contributed by atoms with Gasteiger partial charge in [-0.15, -0.1) is 0 Å². The molecule has 2 heterocycles. The third-order valence-electron chi connectivity index (χ3n) is 4.14. The smallest absolute Gasteiger partial charge is 0.217 e. The topological polar surface area (TPSA) is 230 Å². The van der Waals surface area contributed by atoms with E-state index in [1.54, 1.807) is 0 Å². The van der Waals surface area contributed by atoms with Crippen molar-refractivity contribution in [1.82, 2.24) is 5.32 Å². The van der Waals surface area contributed by atoms with E-state index >= 15 is 0 Å². The Morgan fingerprint density at radius 1 is 0.741 bits per heavy atom. The Kier molecular flexibility index (Phi) is 9.40. The van der Waals surface area contributed by atoms with E-state index in [1.807, 2.05) is 0 Å². The quantitative estimate of drug-likeness (QED) is 0.213. The molecule has 1 amide bonds. The molecule has 0 aliphatic carbocycles. The van der Waals surface area contributed by atoms with Crippen LogP contribution in [0.1, 0.15) is 6.92 Å². The van der Waals surface area contributed by atoms with E-state index in [1.165, 1.54) is 6.92 Å². The molecule has 13 nitrogen and oxygen atoms in total. The van der Waals surface area contributed by atoms with Crippen molar-refractivity contribution in [2.45, 2.75) is 68.3 Å². The van der Waals surface area contributed by atoms with Crippen LogP contribution in [0.5, 0.6) is 0 Å². The number of nitrogens with one attached hydrogen (secondary N) is 1. The maximum atomic E-state index is 10.7. The molecule has 2 fully saturated rings. The molecule has 0 bridgehead atoms. The Bertz CT molecular complexity index is 463. The van der Waals surface area contributed by atoms with Crippen LogP contribution < -0.4 is 5.32 Å². The number of carbonyl (C=O) groups is 1. The van der Waals surface area contributed by atoms with Gasteiger partial charge in [-0.2, -0.15) is 0 Å². The minimum absolute atomic E-state index is 0.462. The molecule has 13 heteroatoms. The molecule has 6 unspecified atom stereocenters. The van der Waals surface area contributed by atoms with Gasteiger partial charge in [0.2, 0.25) is 5.91 Å². The highest BCUT2D eigenvalue weighted by Gasteiger charge is 2.44. The number of hydrogen-bond donors (Lipinski definition) is 10. The summed E-state index contributed by atoms with van der Waals surface area (Å²) in [5, 5.41) is 84.1. The number of aliphatic hydroxyl groups is 9. The lowest BCUT2D eigenvalue weighted by Crippen LogP contribution is -2.63. The fraction of sp³-hybridized carbons (Fsp3) is 0.929. The van der Waals surface area contributed by atoms with Gasteiger partial charge in [-0.3, -0.25) is 4.79 Å². The van der Waals surface area contributed by atoms with Crippen molar-refractivity contribution in [2.24, 2.45) is 0 Å². The standard InChI is InChI=1S/C8H15NO6.C6H12O6/c1-3(11)9-5-7(13)6(12)4(2-10)15-8(5)14;7-1-2-3(8)4(9)5(10)6(11)12-2/h4-8,10,12-14H,2H2,1H3,(H,9,11);2-11H,1H2/t;2-,3-,4+,5-,6?/m.1/s1. The average molecular weight is 401 g/mol. The molecule has 0 aromatic heterocycles. The zero-order valence-electron chi connectivity index (χ0n) is 14.4. The fourth-order valence-corrected chi connectivity index (χ4v) is 2.57. The molecule has 10 N–H and O–H groups in total. The summed E-state index contributed by atoms with van der Waals surface area (Å²) >= 11 is 0. The Morgan fingerprint density at radius 2 is 1.19 bits per heavy atom. The van der Waals surface area contributed by atoms with E-state index in [9.17, 15) is 20.1 Å². The lowest BCUT2D eigenvalue weighted by Gasteiger charge is -2.40. The number of amides is 1. The predicted octanol–water partition coefficient (Wildman–Crippen LogP) is -6.30. The molecule has 160 valence electrons. The van der Waals surface area contributed by atoms with Gasteiger partial charge in [0.1, 0.15) is 48.8 Å². The van der Waals surface area contributed by atoms with Crippen LogP contribution in [0.2, 0.25) is 0 Å². The molecule has 27 heavy (non-hydrogen) atoms. The third kappa shape index (κ3) is 6.00. The van der Waals surface area contributed by atoms with Crippen LogP contribution in [-0.4, -0.2) is 126 Å². The molecule has 2 aliphatic heterocycles. The molecule has 0 spiro atoms. The van der Waals surface area contributed by atoms with Crippen LogP contribution in [0.25, 0.3) is 0 Å². The van der Waals surface area contributed by atoms with Crippen molar-refractivity contribution in [3.8, 4) is 0 Å². The second-order valence-corrected chi connectivity index (χ2v) is 6.17. The van der Waals surface area contributed by atoms with Gasteiger partial charge in [-0.25, -0.2) is 0 Å². The molecule has 2 saturated heterocycles. The first-order chi connectivity index (χ1) is 12.5. The van der Waals surface area contributed by atoms with Gasteiger partial charge < -0.3 is 60.7 Å². The molecular formula is C14H27NO12. The van der Waals surface area contributed by atoms with E-state index in [-0.39, 0.29) is 0 Å². The van der Waals surface area contributed by atoms with Crippen LogP contribution in [0.4, 0.5) is 0 Å². The summed E-state index contributed by atoms with van der Waals surface area (Å²) in [6.45, 7) is 0.161. The van der Waals surface area contributed by atoms with Crippen molar-refractivity contribution < 1.29 is 60.2 Å². The lowest BCUT2D eigenvalue weighted by atomic mass is 9.97. The molecule has 0 saturated carbocycles. The van der Waals surface area contributed by atoms with E-state index in [2.05, 4.69) is 10.1 Å². The van der Waals surface area contributed by atoms with Gasteiger partial charge in [0, 0.05) is 6.92 Å². The van der Waals surface area contributed by atoms with Gasteiger partial charge in [-0.05, 0) is 0 Å². The van der Waals surface area contributed by atoms with E-state index in [0.717, 1.165) is 0 Å². The molecule has 2 rings (SSSR count).